The van der Waals surface area contributed by atoms with Gasteiger partial charge < -0.3 is 19.9 Å². The molecule has 1 amide bonds. The van der Waals surface area contributed by atoms with E-state index in [0.717, 1.165) is 11.3 Å². The van der Waals surface area contributed by atoms with E-state index in [1.54, 1.807) is 24.8 Å². The van der Waals surface area contributed by atoms with Crippen LogP contribution in [-0.4, -0.2) is 45.0 Å². The third-order valence-corrected chi connectivity index (χ3v) is 5.84. The number of ether oxygens (including phenoxy) is 1. The number of rotatable bonds is 6. The third-order valence-electron chi connectivity index (χ3n) is 5.18. The molecule has 0 spiro atoms. The Balaban J connectivity index is 1.15. The lowest BCUT2D eigenvalue weighted by molar-refractivity contribution is 0.102. The molecule has 5 rings (SSSR count). The van der Waals surface area contributed by atoms with Gasteiger partial charge in [-0.1, -0.05) is 12.1 Å². The maximum Gasteiger partial charge on any atom is 0.275 e. The van der Waals surface area contributed by atoms with Gasteiger partial charge in [-0.15, -0.1) is 0 Å². The largest absolute Gasteiger partial charge is 0.485 e. The number of imidazole rings is 1. The van der Waals surface area contributed by atoms with E-state index in [2.05, 4.69) is 41.2 Å². The summed E-state index contributed by atoms with van der Waals surface area (Å²) < 4.78 is 19.9. The molecule has 0 atom stereocenters. The number of halogens is 2. The summed E-state index contributed by atoms with van der Waals surface area (Å²) in [6.45, 7) is 1.18. The lowest BCUT2D eigenvalue weighted by atomic mass is 10.1. The average Bonchev–Trinajstić information content (AvgIpc) is 3.34. The van der Waals surface area contributed by atoms with Gasteiger partial charge >= 0.3 is 0 Å². The average molecular weight is 509 g/mol. The number of amides is 1. The predicted octanol–water partition coefficient (Wildman–Crippen LogP) is 4.29. The van der Waals surface area contributed by atoms with Crippen molar-refractivity contribution in [3.8, 4) is 17.0 Å². The molecule has 3 heterocycles. The molecule has 1 fully saturated rings. The molecule has 0 aliphatic carbocycles. The highest BCUT2D eigenvalue weighted by Gasteiger charge is 2.30. The van der Waals surface area contributed by atoms with E-state index in [1.165, 1.54) is 18.3 Å². The van der Waals surface area contributed by atoms with Crippen molar-refractivity contribution in [2.75, 3.05) is 23.3 Å². The molecular formula is C23H18BrFN6O2. The summed E-state index contributed by atoms with van der Waals surface area (Å²) in [5.41, 5.74) is 2.74. The van der Waals surface area contributed by atoms with Crippen LogP contribution in [0.15, 0.2) is 71.9 Å². The van der Waals surface area contributed by atoms with E-state index in [1.807, 2.05) is 29.2 Å². The van der Waals surface area contributed by atoms with Crippen molar-refractivity contribution in [2.45, 2.75) is 6.10 Å². The standard InChI is InChI=1S/C23H18BrFN6O2/c24-18-6-3-15(25)7-21(18)33-17-11-31(12-17)22-10-27-20(9-28-22)23(32)30-16-4-1-14(2-5-16)19-8-26-13-29-19/h1-10,13,17H,11-12H2,(H,26,29)(H,30,32). The van der Waals surface area contributed by atoms with Crippen LogP contribution < -0.4 is 15.0 Å². The van der Waals surface area contributed by atoms with E-state index in [-0.39, 0.29) is 23.5 Å². The molecule has 8 nitrogen and oxygen atoms in total. The first-order valence-corrected chi connectivity index (χ1v) is 10.9. The zero-order chi connectivity index (χ0) is 22.8. The topological polar surface area (TPSA) is 96.0 Å². The highest BCUT2D eigenvalue weighted by atomic mass is 79.9. The molecule has 33 heavy (non-hydrogen) atoms. The predicted molar refractivity (Wildman–Crippen MR) is 125 cm³/mol. The third kappa shape index (κ3) is 4.70. The molecule has 166 valence electrons. The molecule has 1 saturated heterocycles. The Bertz CT molecular complexity index is 1260. The summed E-state index contributed by atoms with van der Waals surface area (Å²) in [6.07, 6.45) is 6.27. The number of carbonyl (C=O) groups excluding carboxylic acids is 1. The van der Waals surface area contributed by atoms with Crippen molar-refractivity contribution >= 4 is 33.3 Å². The van der Waals surface area contributed by atoms with Crippen LogP contribution in [0, 0.1) is 5.82 Å². The first-order chi connectivity index (χ1) is 16.0. The first kappa shape index (κ1) is 21.1. The molecule has 4 aromatic rings. The van der Waals surface area contributed by atoms with E-state index < -0.39 is 0 Å². The zero-order valence-corrected chi connectivity index (χ0v) is 18.8. The van der Waals surface area contributed by atoms with Crippen LogP contribution in [0.5, 0.6) is 5.75 Å². The number of H-pyrrole nitrogens is 1. The van der Waals surface area contributed by atoms with Gasteiger partial charge in [-0.05, 0) is 45.8 Å². The minimum Gasteiger partial charge on any atom is -0.485 e. The molecular weight excluding hydrogens is 491 g/mol. The minimum atomic E-state index is -0.349. The molecule has 0 radical (unpaired) electrons. The summed E-state index contributed by atoms with van der Waals surface area (Å²) >= 11 is 3.36. The fraction of sp³-hybridized carbons (Fsp3) is 0.130. The van der Waals surface area contributed by atoms with Gasteiger partial charge in [0.1, 0.15) is 29.2 Å². The smallest absolute Gasteiger partial charge is 0.275 e. The molecule has 0 saturated carbocycles. The van der Waals surface area contributed by atoms with Gasteiger partial charge in [0, 0.05) is 11.8 Å². The van der Waals surface area contributed by atoms with E-state index in [9.17, 15) is 9.18 Å². The number of aromatic nitrogens is 4. The first-order valence-electron chi connectivity index (χ1n) is 10.1. The number of nitrogens with zero attached hydrogens (tertiary/aromatic N) is 4. The van der Waals surface area contributed by atoms with Crippen molar-refractivity contribution in [1.29, 1.82) is 0 Å². The Labute approximate surface area is 197 Å². The molecule has 1 aliphatic heterocycles. The Morgan fingerprint density at radius 2 is 1.94 bits per heavy atom. The quantitative estimate of drug-likeness (QED) is 0.403. The fourth-order valence-corrected chi connectivity index (χ4v) is 3.73. The van der Waals surface area contributed by atoms with Crippen LogP contribution in [0.1, 0.15) is 10.5 Å². The van der Waals surface area contributed by atoms with E-state index >= 15 is 0 Å². The summed E-state index contributed by atoms with van der Waals surface area (Å²) in [5.74, 6) is 0.422. The monoisotopic (exact) mass is 508 g/mol. The number of benzene rings is 2. The molecule has 2 aromatic carbocycles. The van der Waals surface area contributed by atoms with Crippen LogP contribution in [0.2, 0.25) is 0 Å². The SMILES string of the molecule is O=C(Nc1ccc(-c2cnc[nH]2)cc1)c1cnc(N2CC(Oc3cc(F)ccc3Br)C2)cn1. The summed E-state index contributed by atoms with van der Waals surface area (Å²) in [5, 5.41) is 2.82. The second-order valence-electron chi connectivity index (χ2n) is 7.48. The number of aromatic amines is 1. The van der Waals surface area contributed by atoms with Crippen LogP contribution in [0.25, 0.3) is 11.3 Å². The Morgan fingerprint density at radius 1 is 1.12 bits per heavy atom. The molecule has 2 aromatic heterocycles. The number of anilines is 2. The Hall–Kier alpha value is -3.79. The maximum atomic E-state index is 13.4. The second-order valence-corrected chi connectivity index (χ2v) is 8.33. The van der Waals surface area contributed by atoms with Gasteiger partial charge in [0.05, 0.1) is 48.2 Å². The van der Waals surface area contributed by atoms with Crippen LogP contribution >= 0.6 is 15.9 Å². The number of nitrogens with one attached hydrogen (secondary N) is 2. The van der Waals surface area contributed by atoms with Gasteiger partial charge in [0.2, 0.25) is 0 Å². The summed E-state index contributed by atoms with van der Waals surface area (Å²) in [6, 6.07) is 11.7. The second kappa shape index (κ2) is 8.99. The molecule has 0 unspecified atom stereocenters. The van der Waals surface area contributed by atoms with E-state index in [0.29, 0.717) is 34.8 Å². The zero-order valence-electron chi connectivity index (χ0n) is 17.2. The van der Waals surface area contributed by atoms with Crippen LogP contribution in [0.4, 0.5) is 15.9 Å². The van der Waals surface area contributed by atoms with Crippen LogP contribution in [0.3, 0.4) is 0 Å². The van der Waals surface area contributed by atoms with Crippen molar-refractivity contribution < 1.29 is 13.9 Å². The van der Waals surface area contributed by atoms with Crippen molar-refractivity contribution in [3.05, 3.63) is 83.4 Å². The maximum absolute atomic E-state index is 13.4. The summed E-state index contributed by atoms with van der Waals surface area (Å²) in [7, 11) is 0. The highest BCUT2D eigenvalue weighted by molar-refractivity contribution is 9.10. The highest BCUT2D eigenvalue weighted by Crippen LogP contribution is 2.29. The molecule has 10 heteroatoms. The number of hydrogen-bond donors (Lipinski definition) is 2. The number of carbonyl (C=O) groups is 1. The summed E-state index contributed by atoms with van der Waals surface area (Å²) in [4.78, 5) is 30.1. The Kier molecular flexibility index (Phi) is 5.74. The molecule has 0 bridgehead atoms. The fourth-order valence-electron chi connectivity index (χ4n) is 3.39. The van der Waals surface area contributed by atoms with Crippen molar-refractivity contribution in [3.63, 3.8) is 0 Å². The van der Waals surface area contributed by atoms with E-state index in [4.69, 9.17) is 4.74 Å². The van der Waals surface area contributed by atoms with Gasteiger partial charge in [0.15, 0.2) is 0 Å². The van der Waals surface area contributed by atoms with Gasteiger partial charge in [-0.25, -0.2) is 19.3 Å². The lowest BCUT2D eigenvalue weighted by Gasteiger charge is -2.39. The number of hydrogen-bond acceptors (Lipinski definition) is 6. The van der Waals surface area contributed by atoms with Crippen molar-refractivity contribution in [2.24, 2.45) is 0 Å². The minimum absolute atomic E-state index is 0.0856. The normalized spacial score (nSPS) is 13.5. The molecule has 1 aliphatic rings. The lowest BCUT2D eigenvalue weighted by Crippen LogP contribution is -2.54. The Morgan fingerprint density at radius 3 is 2.64 bits per heavy atom. The van der Waals surface area contributed by atoms with Gasteiger partial charge in [0.25, 0.3) is 5.91 Å². The van der Waals surface area contributed by atoms with Crippen LogP contribution in [-0.2, 0) is 0 Å². The van der Waals surface area contributed by atoms with Gasteiger partial charge in [-0.3, -0.25) is 4.79 Å². The molecule has 2 N–H and O–H groups in total. The van der Waals surface area contributed by atoms with Crippen molar-refractivity contribution in [1.82, 2.24) is 19.9 Å². The van der Waals surface area contributed by atoms with Gasteiger partial charge in [-0.2, -0.15) is 0 Å².